The Kier molecular flexibility index (Phi) is 6.63. The normalized spacial score (nSPS) is 17.9. The topological polar surface area (TPSA) is 93.5 Å². The minimum Gasteiger partial charge on any atom is -0.339 e. The van der Waals surface area contributed by atoms with Gasteiger partial charge < -0.3 is 5.32 Å². The van der Waals surface area contributed by atoms with Gasteiger partial charge in [-0.25, -0.2) is 8.42 Å². The number of nitriles is 1. The number of amides is 1. The molecule has 7 nitrogen and oxygen atoms in total. The fraction of sp³-hybridized carbons (Fsp3) is 0.579. The number of sulfonamides is 1. The second-order valence-electron chi connectivity index (χ2n) is 7.99. The van der Waals surface area contributed by atoms with Crippen molar-refractivity contribution in [2.24, 2.45) is 5.41 Å². The van der Waals surface area contributed by atoms with E-state index in [-0.39, 0.29) is 17.9 Å². The van der Waals surface area contributed by atoms with Gasteiger partial charge in [0.05, 0.1) is 17.5 Å². The van der Waals surface area contributed by atoms with Crippen LogP contribution in [0.25, 0.3) is 0 Å². The van der Waals surface area contributed by atoms with Crippen LogP contribution < -0.4 is 5.32 Å². The molecule has 27 heavy (non-hydrogen) atoms. The maximum Gasteiger partial charge on any atom is 0.243 e. The molecular formula is C19H28N4O3S. The number of hydrogen-bond donors (Lipinski definition) is 1. The van der Waals surface area contributed by atoms with Crippen molar-refractivity contribution in [3.8, 4) is 6.07 Å². The third-order valence-electron chi connectivity index (χ3n) is 4.66. The number of benzene rings is 1. The Labute approximate surface area is 162 Å². The molecule has 1 N–H and O–H groups in total. The van der Waals surface area contributed by atoms with Crippen molar-refractivity contribution in [3.63, 3.8) is 0 Å². The minimum atomic E-state index is -3.51. The third kappa shape index (κ3) is 5.51. The quantitative estimate of drug-likeness (QED) is 0.816. The average Bonchev–Trinajstić information content (AvgIpc) is 2.59. The van der Waals surface area contributed by atoms with Gasteiger partial charge in [-0.1, -0.05) is 38.5 Å². The molecule has 1 heterocycles. The molecule has 1 amide bonds. The largest absolute Gasteiger partial charge is 0.339 e. The van der Waals surface area contributed by atoms with Crippen LogP contribution in [0.3, 0.4) is 0 Å². The van der Waals surface area contributed by atoms with E-state index in [4.69, 9.17) is 0 Å². The summed E-state index contributed by atoms with van der Waals surface area (Å²) in [5.41, 5.74) is 0.668. The Morgan fingerprint density at radius 2 is 1.74 bits per heavy atom. The molecule has 8 heteroatoms. The summed E-state index contributed by atoms with van der Waals surface area (Å²) in [6.45, 7) is 9.40. The van der Waals surface area contributed by atoms with Crippen molar-refractivity contribution in [2.45, 2.75) is 38.6 Å². The van der Waals surface area contributed by atoms with E-state index in [0.717, 1.165) is 5.56 Å². The van der Waals surface area contributed by atoms with Crippen LogP contribution in [0, 0.1) is 23.7 Å². The number of carbonyl (C=O) groups excluding carboxylic acids is 1. The number of carbonyl (C=O) groups is 1. The van der Waals surface area contributed by atoms with Crippen LogP contribution in [0.15, 0.2) is 29.2 Å². The van der Waals surface area contributed by atoms with Crippen molar-refractivity contribution < 1.29 is 13.2 Å². The van der Waals surface area contributed by atoms with E-state index in [0.29, 0.717) is 31.1 Å². The number of rotatable bonds is 5. The molecule has 1 aliphatic rings. The first-order valence-electron chi connectivity index (χ1n) is 9.02. The fourth-order valence-corrected chi connectivity index (χ4v) is 4.26. The van der Waals surface area contributed by atoms with Crippen LogP contribution >= 0.6 is 0 Å². The second kappa shape index (κ2) is 8.38. The zero-order valence-electron chi connectivity index (χ0n) is 16.4. The standard InChI is InChI=1S/C19H28N4O3S/c1-15-5-7-16(8-6-15)27(25,26)23-11-9-22(10-12-23)14-18(24)21-17(13-20)19(2,3)4/h5-8,17H,9-12,14H2,1-4H3,(H,21,24)/t17-/m0/s1. The summed E-state index contributed by atoms with van der Waals surface area (Å²) in [5, 5.41) is 12.0. The molecule has 1 aromatic carbocycles. The molecule has 1 atom stereocenters. The number of piperazine rings is 1. The van der Waals surface area contributed by atoms with E-state index in [1.165, 1.54) is 4.31 Å². The molecule has 0 aromatic heterocycles. The van der Waals surface area contributed by atoms with Gasteiger partial charge in [-0.15, -0.1) is 0 Å². The zero-order chi connectivity index (χ0) is 20.2. The van der Waals surface area contributed by atoms with E-state index in [9.17, 15) is 18.5 Å². The maximum absolute atomic E-state index is 12.7. The highest BCUT2D eigenvalue weighted by Gasteiger charge is 2.30. The van der Waals surface area contributed by atoms with Gasteiger partial charge in [-0.2, -0.15) is 9.57 Å². The molecule has 1 aromatic rings. The summed E-state index contributed by atoms with van der Waals surface area (Å²) in [5.74, 6) is -0.216. The van der Waals surface area contributed by atoms with E-state index in [1.807, 2.05) is 32.6 Å². The molecule has 1 fully saturated rings. The smallest absolute Gasteiger partial charge is 0.243 e. The molecule has 148 valence electrons. The van der Waals surface area contributed by atoms with E-state index in [1.54, 1.807) is 24.3 Å². The van der Waals surface area contributed by atoms with Gasteiger partial charge in [0.2, 0.25) is 15.9 Å². The maximum atomic E-state index is 12.7. The first kappa shape index (κ1) is 21.4. The Bertz CT molecular complexity index is 799. The van der Waals surface area contributed by atoms with Gasteiger partial charge in [0, 0.05) is 26.2 Å². The number of nitrogens with zero attached hydrogens (tertiary/aromatic N) is 3. The first-order valence-corrected chi connectivity index (χ1v) is 10.5. The lowest BCUT2D eigenvalue weighted by molar-refractivity contribution is -0.123. The van der Waals surface area contributed by atoms with Gasteiger partial charge in [-0.3, -0.25) is 9.69 Å². The molecule has 1 saturated heterocycles. The highest BCUT2D eigenvalue weighted by Crippen LogP contribution is 2.19. The molecule has 0 spiro atoms. The van der Waals surface area contributed by atoms with Crippen molar-refractivity contribution in [3.05, 3.63) is 29.8 Å². The molecular weight excluding hydrogens is 364 g/mol. The highest BCUT2D eigenvalue weighted by atomic mass is 32.2. The summed E-state index contributed by atoms with van der Waals surface area (Å²) < 4.78 is 26.9. The molecule has 0 radical (unpaired) electrons. The zero-order valence-corrected chi connectivity index (χ0v) is 17.2. The predicted molar refractivity (Wildman–Crippen MR) is 103 cm³/mol. The molecule has 2 rings (SSSR count). The predicted octanol–water partition coefficient (Wildman–Crippen LogP) is 1.36. The SMILES string of the molecule is Cc1ccc(S(=O)(=O)N2CCN(CC(=O)N[C@@H](C#N)C(C)(C)C)CC2)cc1. The monoisotopic (exact) mass is 392 g/mol. The van der Waals surface area contributed by atoms with E-state index in [2.05, 4.69) is 11.4 Å². The first-order chi connectivity index (χ1) is 12.5. The fourth-order valence-electron chi connectivity index (χ4n) is 2.84. The lowest BCUT2D eigenvalue weighted by Crippen LogP contribution is -2.52. The van der Waals surface area contributed by atoms with Gasteiger partial charge in [0.1, 0.15) is 6.04 Å². The molecule has 1 aliphatic heterocycles. The highest BCUT2D eigenvalue weighted by molar-refractivity contribution is 7.89. The third-order valence-corrected chi connectivity index (χ3v) is 6.57. The molecule has 0 unspecified atom stereocenters. The van der Waals surface area contributed by atoms with Crippen molar-refractivity contribution in [2.75, 3.05) is 32.7 Å². The second-order valence-corrected chi connectivity index (χ2v) is 9.93. The van der Waals surface area contributed by atoms with E-state index >= 15 is 0 Å². The summed E-state index contributed by atoms with van der Waals surface area (Å²) in [6, 6.07) is 8.38. The number of hydrogen-bond acceptors (Lipinski definition) is 5. The molecule has 0 bridgehead atoms. The summed E-state index contributed by atoms with van der Waals surface area (Å²) in [7, 11) is -3.51. The minimum absolute atomic E-state index is 0.159. The van der Waals surface area contributed by atoms with Crippen molar-refractivity contribution >= 4 is 15.9 Å². The van der Waals surface area contributed by atoms with Gasteiger partial charge in [0.15, 0.2) is 0 Å². The summed E-state index contributed by atoms with van der Waals surface area (Å²) in [4.78, 5) is 14.4. The van der Waals surface area contributed by atoms with Crippen LogP contribution in [0.5, 0.6) is 0 Å². The lowest BCUT2D eigenvalue weighted by atomic mass is 9.87. The summed E-state index contributed by atoms with van der Waals surface area (Å²) >= 11 is 0. The van der Waals surface area contributed by atoms with Crippen LogP contribution in [0.4, 0.5) is 0 Å². The van der Waals surface area contributed by atoms with Gasteiger partial charge in [-0.05, 0) is 24.5 Å². The van der Waals surface area contributed by atoms with Gasteiger partial charge >= 0.3 is 0 Å². The Hall–Kier alpha value is -1.95. The van der Waals surface area contributed by atoms with Crippen LogP contribution in [0.2, 0.25) is 0 Å². The van der Waals surface area contributed by atoms with E-state index < -0.39 is 16.1 Å². The Morgan fingerprint density at radius 1 is 1.19 bits per heavy atom. The number of nitrogens with one attached hydrogen (secondary N) is 1. The van der Waals surface area contributed by atoms with Crippen LogP contribution in [0.1, 0.15) is 26.3 Å². The Balaban J connectivity index is 1.91. The van der Waals surface area contributed by atoms with Crippen LogP contribution in [-0.2, 0) is 14.8 Å². The Morgan fingerprint density at radius 3 is 2.22 bits per heavy atom. The van der Waals surface area contributed by atoms with Crippen molar-refractivity contribution in [1.29, 1.82) is 5.26 Å². The molecule has 0 saturated carbocycles. The van der Waals surface area contributed by atoms with Crippen LogP contribution in [-0.4, -0.2) is 62.3 Å². The molecule has 0 aliphatic carbocycles. The average molecular weight is 393 g/mol. The lowest BCUT2D eigenvalue weighted by Gasteiger charge is -2.34. The van der Waals surface area contributed by atoms with Gasteiger partial charge in [0.25, 0.3) is 0 Å². The number of aryl methyl sites for hydroxylation is 1. The van der Waals surface area contributed by atoms with Crippen molar-refractivity contribution in [1.82, 2.24) is 14.5 Å². The summed E-state index contributed by atoms with van der Waals surface area (Å²) in [6.07, 6.45) is 0.